The van der Waals surface area contributed by atoms with Crippen molar-refractivity contribution < 1.29 is 29.6 Å². The molecule has 13 aromatic rings. The summed E-state index contributed by atoms with van der Waals surface area (Å²) in [4.78, 5) is 4.84. The number of hydrogen-bond acceptors (Lipinski definition) is 2. The Labute approximate surface area is 453 Å². The number of imidazole rings is 1. The Kier molecular flexibility index (Phi) is 10.1. The van der Waals surface area contributed by atoms with Crippen LogP contribution in [-0.4, -0.2) is 23.1 Å². The molecule has 0 aliphatic rings. The van der Waals surface area contributed by atoms with Gasteiger partial charge in [0.05, 0.1) is 5.48 Å². The van der Waals surface area contributed by atoms with Crippen molar-refractivity contribution >= 4 is 60.2 Å². The molecule has 0 aliphatic heterocycles. The summed E-state index contributed by atoms with van der Waals surface area (Å²) in [6, 6.07) is 67.4. The Balaban J connectivity index is 1.13. The molecule has 0 saturated carbocycles. The first-order chi connectivity index (χ1) is 38.1. The van der Waals surface area contributed by atoms with Gasteiger partial charge in [-0.2, -0.15) is 0 Å². The van der Waals surface area contributed by atoms with Gasteiger partial charge in [0, 0.05) is 6.20 Å². The molecular formula is C68H55N5OPt. The number of pyridine rings is 1. The molecule has 0 radical (unpaired) electrons. The standard InChI is InChI=1S/C68H55N5O.Pt/c1-67(2,3)47-31-33-49(34-32-47)72-58-28-15-14-24-55(58)57-27-18-30-61-66(57)71(44-70(61)65-52(45-19-9-7-10-20-45)25-17-26-53(65)46-21-11-8-12-22-46)63-43-51(36-38-60(63)72)74-50-35-37-56-54-23-13-16-29-59(54)73(62(56)42-50)64-41-48(39-40-69-64)68(4,5)6;/h7-43H,1-6H3;/i13D,16D,23D,29D;. The van der Waals surface area contributed by atoms with Gasteiger partial charge < -0.3 is 0 Å². The molecule has 4 aromatic heterocycles. The van der Waals surface area contributed by atoms with Gasteiger partial charge in [-0.3, -0.25) is 0 Å². The smallest absolute Gasteiger partial charge is 0.0561 e. The van der Waals surface area contributed by atoms with Crippen LogP contribution < -0.4 is 4.74 Å². The van der Waals surface area contributed by atoms with Gasteiger partial charge >= 0.3 is 394 Å². The van der Waals surface area contributed by atoms with Crippen LogP contribution >= 0.6 is 0 Å². The van der Waals surface area contributed by atoms with E-state index in [2.05, 4.69) is 232 Å². The van der Waals surface area contributed by atoms with E-state index < -0.39 is 0 Å². The van der Waals surface area contributed by atoms with E-state index in [1.165, 1.54) is 5.56 Å². The first-order valence-electron chi connectivity index (χ1n) is 27.4. The van der Waals surface area contributed by atoms with Crippen molar-refractivity contribution in [1.82, 2.24) is 23.1 Å². The maximum atomic E-state index is 9.25. The van der Waals surface area contributed by atoms with Crippen LogP contribution in [0.4, 0.5) is 0 Å². The molecule has 6 nitrogen and oxygen atoms in total. The predicted octanol–water partition coefficient (Wildman–Crippen LogP) is 17.8. The second-order valence-electron chi connectivity index (χ2n) is 21.3. The molecule has 0 bridgehead atoms. The number of nitrogens with zero attached hydrogens (tertiary/aromatic N) is 5. The molecule has 0 aliphatic carbocycles. The maximum absolute atomic E-state index is 9.25. The number of fused-ring (bicyclic) bond motifs is 7. The van der Waals surface area contributed by atoms with Crippen LogP contribution in [0, 0.1) is 3.80 Å². The van der Waals surface area contributed by atoms with E-state index in [9.17, 15) is 1.37 Å². The quantitative estimate of drug-likeness (QED) is 0.160. The Hall–Kier alpha value is -8.31. The number of rotatable bonds is 7. The topological polar surface area (TPSA) is 41.3 Å². The second kappa shape index (κ2) is 18.0. The number of hydrogen-bond donors (Lipinski definition) is 0. The van der Waals surface area contributed by atoms with Crippen molar-refractivity contribution in [1.29, 1.82) is 0 Å². The molecule has 4 heterocycles. The zero-order chi connectivity index (χ0) is 54.6. The average molecular weight is 1160 g/mol. The fraction of sp³-hybridized carbons (Fsp3) is 0.118. The average Bonchev–Trinajstić information content (AvgIpc) is 4.01. The van der Waals surface area contributed by atoms with Crippen molar-refractivity contribution in [3.8, 4) is 50.9 Å². The van der Waals surface area contributed by atoms with Crippen LogP contribution in [0.1, 0.15) is 58.2 Å². The van der Waals surface area contributed by atoms with Gasteiger partial charge in [0.1, 0.15) is 0 Å². The SMILES string of the molecule is [2H]c1c([2H])c([2H])c2c(c1[2H])c1ccc(Oc3ccc4c(c3)n3[c](=[Pt])n(-c5c(-c6ccccc6)cccc5-c5ccccc5)c5cccc(c6ccccc6n4-c4ccc(C(C)(C)C)cc4)c53)cc1n2-c1cc(C(C)(C)C)ccn1. The summed E-state index contributed by atoms with van der Waals surface area (Å²) in [7, 11) is 0. The second-order valence-corrected chi connectivity index (χ2v) is 22.3. The number of benzene rings is 9. The minimum atomic E-state index is -0.302. The molecule has 0 saturated heterocycles. The van der Waals surface area contributed by atoms with E-state index in [1.54, 1.807) is 6.20 Å². The first-order valence-corrected chi connectivity index (χ1v) is 26.5. The minimum Gasteiger partial charge on any atom is -0.0561 e. The van der Waals surface area contributed by atoms with E-state index >= 15 is 0 Å². The normalized spacial score (nSPS) is 13.0. The molecule has 0 spiro atoms. The summed E-state index contributed by atoms with van der Waals surface area (Å²) in [5.41, 5.74) is 14.5. The number of para-hydroxylation sites is 4. The van der Waals surface area contributed by atoms with E-state index in [0.717, 1.165) is 81.4 Å². The van der Waals surface area contributed by atoms with Gasteiger partial charge in [0.25, 0.3) is 0 Å². The van der Waals surface area contributed by atoms with Crippen LogP contribution in [-0.2, 0) is 30.2 Å². The molecule has 0 fully saturated rings. The van der Waals surface area contributed by atoms with Crippen LogP contribution in [0.2, 0.25) is 0 Å². The van der Waals surface area contributed by atoms with E-state index in [4.69, 9.17) is 13.8 Å². The molecule has 0 atom stereocenters. The molecule has 0 amide bonds. The molecule has 368 valence electrons. The summed E-state index contributed by atoms with van der Waals surface area (Å²) in [5.74, 6) is 1.66. The molecule has 9 aromatic carbocycles. The van der Waals surface area contributed by atoms with Crippen molar-refractivity contribution in [3.05, 3.63) is 239 Å². The summed E-state index contributed by atoms with van der Waals surface area (Å²) < 4.78 is 53.0. The van der Waals surface area contributed by atoms with E-state index in [1.807, 2.05) is 41.0 Å². The van der Waals surface area contributed by atoms with Crippen molar-refractivity contribution in [2.24, 2.45) is 0 Å². The number of ether oxygens (including phenoxy) is 1. The number of aromatic nitrogens is 5. The van der Waals surface area contributed by atoms with Gasteiger partial charge in [-0.25, -0.2) is 0 Å². The van der Waals surface area contributed by atoms with Crippen LogP contribution in [0.15, 0.2) is 224 Å². The molecule has 75 heavy (non-hydrogen) atoms. The third kappa shape index (κ3) is 7.90. The Morgan fingerprint density at radius 2 is 1.05 bits per heavy atom. The minimum absolute atomic E-state index is 0.0442. The van der Waals surface area contributed by atoms with Gasteiger partial charge in [0.2, 0.25) is 0 Å². The van der Waals surface area contributed by atoms with Crippen molar-refractivity contribution in [2.75, 3.05) is 0 Å². The fourth-order valence-electron chi connectivity index (χ4n) is 10.8. The predicted molar refractivity (Wildman–Crippen MR) is 308 cm³/mol. The van der Waals surface area contributed by atoms with Crippen molar-refractivity contribution in [2.45, 2.75) is 52.4 Å². The van der Waals surface area contributed by atoms with Crippen LogP contribution in [0.3, 0.4) is 0 Å². The third-order valence-electron chi connectivity index (χ3n) is 14.6. The van der Waals surface area contributed by atoms with Gasteiger partial charge in [-0.15, -0.1) is 0 Å². The summed E-state index contributed by atoms with van der Waals surface area (Å²) in [6.07, 6.45) is 1.77. The zero-order valence-corrected chi connectivity index (χ0v) is 44.8. The Morgan fingerprint density at radius 3 is 1.76 bits per heavy atom. The summed E-state index contributed by atoms with van der Waals surface area (Å²) in [6.45, 7) is 13.2. The molecule has 13 rings (SSSR count). The Bertz CT molecular complexity index is 4660. The van der Waals surface area contributed by atoms with Gasteiger partial charge in [-0.1, -0.05) is 32.9 Å². The van der Waals surface area contributed by atoms with E-state index in [0.29, 0.717) is 39.1 Å². The molecular weight excluding hydrogens is 1100 g/mol. The summed E-state index contributed by atoms with van der Waals surface area (Å²) in [5, 5.41) is 3.26. The first kappa shape index (κ1) is 42.1. The fourth-order valence-corrected chi connectivity index (χ4v) is 11.9. The summed E-state index contributed by atoms with van der Waals surface area (Å²) >= 11 is 2.53. The van der Waals surface area contributed by atoms with Crippen LogP contribution in [0.5, 0.6) is 11.5 Å². The third-order valence-corrected chi connectivity index (χ3v) is 15.6. The monoisotopic (exact) mass is 1160 g/mol. The van der Waals surface area contributed by atoms with Gasteiger partial charge in [-0.05, 0) is 17.0 Å². The molecule has 0 N–H and O–H groups in total. The zero-order valence-electron chi connectivity index (χ0n) is 46.5. The molecule has 0 unspecified atom stereocenters. The molecule has 7 heteroatoms. The van der Waals surface area contributed by atoms with Gasteiger partial charge in [0.15, 0.2) is 0 Å². The van der Waals surface area contributed by atoms with E-state index in [-0.39, 0.29) is 35.0 Å². The van der Waals surface area contributed by atoms with Crippen molar-refractivity contribution in [3.63, 3.8) is 0 Å². The Morgan fingerprint density at radius 1 is 0.453 bits per heavy atom. The van der Waals surface area contributed by atoms with Crippen LogP contribution in [0.25, 0.3) is 99.6 Å².